The van der Waals surface area contributed by atoms with Crippen molar-refractivity contribution in [3.05, 3.63) is 35.4 Å². The number of unbranched alkanes of at least 4 members (excludes halogenated alkanes) is 5. The van der Waals surface area contributed by atoms with Crippen LogP contribution < -0.4 is 0 Å². The molecular weight excluding hydrogens is 316 g/mol. The minimum atomic E-state index is -0.271. The Labute approximate surface area is 151 Å². The molecule has 0 spiro atoms. The Morgan fingerprint density at radius 2 is 1.48 bits per heavy atom. The molecule has 0 heterocycles. The molecule has 1 rings (SSSR count). The van der Waals surface area contributed by atoms with Crippen LogP contribution in [-0.4, -0.2) is 18.5 Å². The van der Waals surface area contributed by atoms with Crippen LogP contribution >= 0.6 is 0 Å². The molecule has 1 aromatic rings. The number of ether oxygens (including phenoxy) is 2. The molecule has 0 aliphatic rings. The average molecular weight is 348 g/mol. The summed E-state index contributed by atoms with van der Waals surface area (Å²) in [5.74, 6) is -0.493. The summed E-state index contributed by atoms with van der Waals surface area (Å²) in [6, 6.07) is 7.82. The largest absolute Gasteiger partial charge is 0.466 e. The van der Waals surface area contributed by atoms with E-state index in [2.05, 4.69) is 6.92 Å². The molecule has 0 unspecified atom stereocenters. The summed E-state index contributed by atoms with van der Waals surface area (Å²) in [4.78, 5) is 23.3. The maximum atomic E-state index is 11.7. The van der Waals surface area contributed by atoms with Gasteiger partial charge in [-0.25, -0.2) is 0 Å². The second-order valence-electron chi connectivity index (χ2n) is 6.43. The second-order valence-corrected chi connectivity index (χ2v) is 6.43. The van der Waals surface area contributed by atoms with E-state index in [1.807, 2.05) is 31.2 Å². The Balaban J connectivity index is 2.01. The Kier molecular flexibility index (Phi) is 11.4. The number of esters is 2. The van der Waals surface area contributed by atoms with Gasteiger partial charge in [0.1, 0.15) is 6.61 Å². The summed E-state index contributed by atoms with van der Waals surface area (Å²) in [5, 5.41) is 0. The molecule has 140 valence electrons. The molecule has 0 radical (unpaired) electrons. The molecule has 0 bridgehead atoms. The summed E-state index contributed by atoms with van der Waals surface area (Å²) in [6.45, 7) is 4.96. The van der Waals surface area contributed by atoms with Gasteiger partial charge in [-0.1, -0.05) is 63.3 Å². The normalized spacial score (nSPS) is 10.5. The van der Waals surface area contributed by atoms with Crippen LogP contribution in [0.4, 0.5) is 0 Å². The van der Waals surface area contributed by atoms with Crippen LogP contribution in [0.1, 0.15) is 75.8 Å². The van der Waals surface area contributed by atoms with Crippen molar-refractivity contribution in [3.63, 3.8) is 0 Å². The highest BCUT2D eigenvalue weighted by Crippen LogP contribution is 2.10. The number of carbonyl (C=O) groups excluding carboxylic acids is 2. The quantitative estimate of drug-likeness (QED) is 0.367. The lowest BCUT2D eigenvalue weighted by Gasteiger charge is -2.07. The summed E-state index contributed by atoms with van der Waals surface area (Å²) in [6.07, 6.45) is 8.01. The fraction of sp³-hybridized carbons (Fsp3) is 0.619. The smallest absolute Gasteiger partial charge is 0.306 e. The molecule has 1 aromatic carbocycles. The molecule has 0 atom stereocenters. The van der Waals surface area contributed by atoms with Gasteiger partial charge in [-0.05, 0) is 30.9 Å². The van der Waals surface area contributed by atoms with Gasteiger partial charge in [0.25, 0.3) is 0 Å². The molecule has 0 saturated carbocycles. The lowest BCUT2D eigenvalue weighted by atomic mass is 10.1. The van der Waals surface area contributed by atoms with Crippen LogP contribution in [0, 0.1) is 6.92 Å². The van der Waals surface area contributed by atoms with Crippen molar-refractivity contribution >= 4 is 11.9 Å². The lowest BCUT2D eigenvalue weighted by Crippen LogP contribution is -2.09. The Hall–Kier alpha value is -1.84. The van der Waals surface area contributed by atoms with Crippen LogP contribution in [0.3, 0.4) is 0 Å². The maximum absolute atomic E-state index is 11.7. The van der Waals surface area contributed by atoms with Gasteiger partial charge in [0.05, 0.1) is 6.61 Å². The van der Waals surface area contributed by atoms with Gasteiger partial charge >= 0.3 is 11.9 Å². The molecule has 0 aromatic heterocycles. The third kappa shape index (κ3) is 10.6. The number of hydrogen-bond donors (Lipinski definition) is 0. The molecule has 25 heavy (non-hydrogen) atoms. The van der Waals surface area contributed by atoms with Crippen molar-refractivity contribution in [3.8, 4) is 0 Å². The van der Waals surface area contributed by atoms with Crippen molar-refractivity contribution < 1.29 is 19.1 Å². The molecule has 0 aliphatic heterocycles. The zero-order valence-corrected chi connectivity index (χ0v) is 15.7. The van der Waals surface area contributed by atoms with Crippen molar-refractivity contribution in [2.75, 3.05) is 6.61 Å². The minimum Gasteiger partial charge on any atom is -0.466 e. The van der Waals surface area contributed by atoms with E-state index in [1.54, 1.807) is 0 Å². The molecular formula is C21H32O4. The second kappa shape index (κ2) is 13.5. The average Bonchev–Trinajstić information content (AvgIpc) is 2.60. The van der Waals surface area contributed by atoms with Gasteiger partial charge < -0.3 is 9.47 Å². The van der Waals surface area contributed by atoms with E-state index in [9.17, 15) is 9.59 Å². The van der Waals surface area contributed by atoms with Crippen molar-refractivity contribution in [1.29, 1.82) is 0 Å². The summed E-state index contributed by atoms with van der Waals surface area (Å²) < 4.78 is 10.4. The monoisotopic (exact) mass is 348 g/mol. The summed E-state index contributed by atoms with van der Waals surface area (Å²) in [7, 11) is 0. The van der Waals surface area contributed by atoms with Crippen LogP contribution in [-0.2, 0) is 25.7 Å². The molecule has 0 N–H and O–H groups in total. The standard InChI is InChI=1S/C21H32O4/c1-3-4-5-6-7-10-16-24-20(22)14-11-15-21(23)25-17-19-13-9-8-12-18(19)2/h8-9,12-13H,3-7,10-11,14-17H2,1-2H3. The van der Waals surface area contributed by atoms with Crippen LogP contribution in [0.15, 0.2) is 24.3 Å². The molecule has 4 nitrogen and oxygen atoms in total. The van der Waals surface area contributed by atoms with E-state index in [0.717, 1.165) is 24.0 Å². The Morgan fingerprint density at radius 1 is 0.840 bits per heavy atom. The van der Waals surface area contributed by atoms with Gasteiger partial charge in [0.15, 0.2) is 0 Å². The fourth-order valence-corrected chi connectivity index (χ4v) is 2.52. The fourth-order valence-electron chi connectivity index (χ4n) is 2.52. The first-order valence-electron chi connectivity index (χ1n) is 9.49. The molecule has 0 fully saturated rings. The third-order valence-corrected chi connectivity index (χ3v) is 4.17. The number of aryl methyl sites for hydroxylation is 1. The Bertz CT molecular complexity index is 510. The SMILES string of the molecule is CCCCCCCCOC(=O)CCCC(=O)OCc1ccccc1C. The van der Waals surface area contributed by atoms with Gasteiger partial charge in [-0.15, -0.1) is 0 Å². The highest BCUT2D eigenvalue weighted by molar-refractivity contribution is 5.72. The van der Waals surface area contributed by atoms with Gasteiger partial charge in [0, 0.05) is 12.8 Å². The van der Waals surface area contributed by atoms with Gasteiger partial charge in [-0.3, -0.25) is 9.59 Å². The zero-order chi connectivity index (χ0) is 18.3. The molecule has 0 amide bonds. The highest BCUT2D eigenvalue weighted by atomic mass is 16.5. The first kappa shape index (κ1) is 21.2. The summed E-state index contributed by atoms with van der Waals surface area (Å²) in [5.41, 5.74) is 2.11. The van der Waals surface area contributed by atoms with E-state index in [1.165, 1.54) is 25.7 Å². The number of hydrogen-bond acceptors (Lipinski definition) is 4. The molecule has 0 saturated heterocycles. The van der Waals surface area contributed by atoms with Crippen molar-refractivity contribution in [2.24, 2.45) is 0 Å². The number of rotatable bonds is 13. The predicted molar refractivity (Wildman–Crippen MR) is 99.2 cm³/mol. The maximum Gasteiger partial charge on any atom is 0.306 e. The van der Waals surface area contributed by atoms with E-state index < -0.39 is 0 Å². The lowest BCUT2D eigenvalue weighted by molar-refractivity contribution is -0.146. The predicted octanol–water partition coefficient (Wildman–Crippen LogP) is 5.11. The van der Waals surface area contributed by atoms with Crippen molar-refractivity contribution in [2.45, 2.75) is 78.2 Å². The first-order valence-corrected chi connectivity index (χ1v) is 9.49. The number of benzene rings is 1. The topological polar surface area (TPSA) is 52.6 Å². The van der Waals surface area contributed by atoms with E-state index in [-0.39, 0.29) is 31.4 Å². The number of carbonyl (C=O) groups is 2. The van der Waals surface area contributed by atoms with Crippen LogP contribution in [0.5, 0.6) is 0 Å². The van der Waals surface area contributed by atoms with Crippen LogP contribution in [0.25, 0.3) is 0 Å². The van der Waals surface area contributed by atoms with Crippen LogP contribution in [0.2, 0.25) is 0 Å². The zero-order valence-electron chi connectivity index (χ0n) is 15.7. The minimum absolute atomic E-state index is 0.222. The Morgan fingerprint density at radius 3 is 2.20 bits per heavy atom. The van der Waals surface area contributed by atoms with E-state index >= 15 is 0 Å². The summed E-state index contributed by atoms with van der Waals surface area (Å²) >= 11 is 0. The van der Waals surface area contributed by atoms with E-state index in [0.29, 0.717) is 13.0 Å². The molecule has 4 heteroatoms. The highest BCUT2D eigenvalue weighted by Gasteiger charge is 2.08. The third-order valence-electron chi connectivity index (χ3n) is 4.17. The molecule has 0 aliphatic carbocycles. The van der Waals surface area contributed by atoms with Crippen molar-refractivity contribution in [1.82, 2.24) is 0 Å². The van der Waals surface area contributed by atoms with E-state index in [4.69, 9.17) is 9.47 Å². The first-order chi connectivity index (χ1) is 12.1. The van der Waals surface area contributed by atoms with Gasteiger partial charge in [0.2, 0.25) is 0 Å². The van der Waals surface area contributed by atoms with Gasteiger partial charge in [-0.2, -0.15) is 0 Å².